The first kappa shape index (κ1) is 52.1. The minimum Gasteiger partial charge on any atom is -0.370 e. The van der Waals surface area contributed by atoms with Crippen molar-refractivity contribution in [2.45, 2.75) is 214 Å². The summed E-state index contributed by atoms with van der Waals surface area (Å²) < 4.78 is 0. The summed E-state index contributed by atoms with van der Waals surface area (Å²) in [6.07, 6.45) is 49.1. The third kappa shape index (κ3) is 67.4. The average Bonchev–Trinajstić information content (AvgIpc) is 3.08. The van der Waals surface area contributed by atoms with Crippen molar-refractivity contribution in [3.63, 3.8) is 0 Å². The van der Waals surface area contributed by atoms with Crippen molar-refractivity contribution in [1.29, 1.82) is 0 Å². The normalized spacial score (nSPS) is 10.8. The molecule has 0 aliphatic heterocycles. The number of aldehydes is 1. The Morgan fingerprint density at radius 1 is 0.489 bits per heavy atom. The molecule has 0 aromatic rings. The van der Waals surface area contributed by atoms with E-state index < -0.39 is 0 Å². The first-order valence-electron chi connectivity index (χ1n) is 20.4. The van der Waals surface area contributed by atoms with E-state index in [0.717, 1.165) is 51.2 Å². The third-order valence-electron chi connectivity index (χ3n) is 7.77. The van der Waals surface area contributed by atoms with Gasteiger partial charge in [0.1, 0.15) is 6.29 Å². The number of hydrogen-bond donors (Lipinski definition) is 2. The Hall–Kier alpha value is -1.68. The molecule has 0 aliphatic rings. The Balaban J connectivity index is -0.000000309. The molecule has 0 aliphatic carbocycles. The Bertz CT molecular complexity index is 621. The van der Waals surface area contributed by atoms with E-state index in [4.69, 9.17) is 5.73 Å². The van der Waals surface area contributed by atoms with Crippen LogP contribution in [0.3, 0.4) is 0 Å². The lowest BCUT2D eigenvalue weighted by molar-refractivity contribution is -0.118. The summed E-state index contributed by atoms with van der Waals surface area (Å²) in [4.78, 5) is 20.6. The molecule has 0 aromatic carbocycles. The molecule has 0 aromatic heterocycles. The highest BCUT2D eigenvalue weighted by Crippen LogP contribution is 2.12. The van der Waals surface area contributed by atoms with Gasteiger partial charge in [-0.05, 0) is 71.4 Å². The van der Waals surface area contributed by atoms with Crippen LogP contribution in [-0.4, -0.2) is 25.8 Å². The molecule has 0 bridgehead atoms. The van der Waals surface area contributed by atoms with Crippen LogP contribution in [0, 0.1) is 0 Å². The van der Waals surface area contributed by atoms with Crippen molar-refractivity contribution in [3.05, 3.63) is 36.5 Å². The molecule has 4 nitrogen and oxygen atoms in total. The summed E-state index contributed by atoms with van der Waals surface area (Å²) in [6.45, 7) is 11.9. The molecule has 1 amide bonds. The number of allylic oxidation sites excluding steroid dienone is 6. The lowest BCUT2D eigenvalue weighted by Gasteiger charge is -2.02. The monoisotopic (exact) mass is 663 g/mol. The summed E-state index contributed by atoms with van der Waals surface area (Å²) >= 11 is 0. The lowest BCUT2D eigenvalue weighted by atomic mass is 10.0. The van der Waals surface area contributed by atoms with E-state index in [1.165, 1.54) is 135 Å². The Morgan fingerprint density at radius 3 is 1.23 bits per heavy atom. The highest BCUT2D eigenvalue weighted by Gasteiger charge is 1.94. The van der Waals surface area contributed by atoms with Gasteiger partial charge in [0.05, 0.1) is 0 Å². The van der Waals surface area contributed by atoms with Gasteiger partial charge in [-0.25, -0.2) is 0 Å². The van der Waals surface area contributed by atoms with Crippen molar-refractivity contribution < 1.29 is 9.59 Å². The zero-order valence-electron chi connectivity index (χ0n) is 32.9. The molecule has 0 saturated heterocycles. The van der Waals surface area contributed by atoms with Crippen LogP contribution in [0.4, 0.5) is 0 Å². The minimum atomic E-state index is -0.195. The highest BCUT2D eigenvalue weighted by atomic mass is 16.1. The molecule has 280 valence electrons. The maximum atomic E-state index is 10.5. The number of nitrogens with one attached hydrogen (secondary N) is 1. The van der Waals surface area contributed by atoms with Gasteiger partial charge in [-0.1, -0.05) is 180 Å². The van der Waals surface area contributed by atoms with Gasteiger partial charge in [0.25, 0.3) is 0 Å². The molecular formula is C43H86N2O2. The van der Waals surface area contributed by atoms with Crippen LogP contribution < -0.4 is 11.1 Å². The molecule has 0 fully saturated rings. The molecule has 0 heterocycles. The average molecular weight is 663 g/mol. The predicted octanol–water partition coefficient (Wildman–Crippen LogP) is 13.5. The fourth-order valence-corrected chi connectivity index (χ4v) is 4.83. The van der Waals surface area contributed by atoms with E-state index in [-0.39, 0.29) is 5.91 Å². The number of carbonyl (C=O) groups is 2. The molecule has 0 saturated carbocycles. The number of hydrogen-bond acceptors (Lipinski definition) is 3. The van der Waals surface area contributed by atoms with Crippen molar-refractivity contribution in [2.75, 3.05) is 13.6 Å². The first-order valence-corrected chi connectivity index (χ1v) is 20.4. The highest BCUT2D eigenvalue weighted by molar-refractivity contribution is 5.73. The van der Waals surface area contributed by atoms with Crippen molar-refractivity contribution in [2.24, 2.45) is 5.73 Å². The van der Waals surface area contributed by atoms with E-state index in [1.54, 1.807) is 0 Å². The number of primary amides is 1. The van der Waals surface area contributed by atoms with Crippen LogP contribution in [0.1, 0.15) is 214 Å². The summed E-state index contributed by atoms with van der Waals surface area (Å²) in [6, 6.07) is 0. The van der Waals surface area contributed by atoms with Gasteiger partial charge >= 0.3 is 0 Å². The second-order valence-electron chi connectivity index (χ2n) is 12.5. The Morgan fingerprint density at radius 2 is 0.830 bits per heavy atom. The fourth-order valence-electron chi connectivity index (χ4n) is 4.83. The number of unbranched alkanes of at least 4 members (excludes halogenated alkanes) is 21. The van der Waals surface area contributed by atoms with Crippen molar-refractivity contribution in [3.8, 4) is 0 Å². The Kier molecular flexibility index (Phi) is 62.8. The zero-order chi connectivity index (χ0) is 35.7. The molecular weight excluding hydrogens is 576 g/mol. The van der Waals surface area contributed by atoms with Gasteiger partial charge in [0, 0.05) is 12.8 Å². The molecule has 3 N–H and O–H groups in total. The summed E-state index contributed by atoms with van der Waals surface area (Å²) in [5.41, 5.74) is 5.08. The number of nitrogens with two attached hydrogens (primary N) is 1. The topological polar surface area (TPSA) is 72.2 Å². The molecule has 0 radical (unpaired) electrons. The van der Waals surface area contributed by atoms with Gasteiger partial charge in [-0.3, -0.25) is 4.79 Å². The van der Waals surface area contributed by atoms with Crippen LogP contribution in [0.25, 0.3) is 0 Å². The number of rotatable bonds is 32. The maximum absolute atomic E-state index is 10.5. The van der Waals surface area contributed by atoms with Gasteiger partial charge in [-0.2, -0.15) is 0 Å². The molecule has 47 heavy (non-hydrogen) atoms. The largest absolute Gasteiger partial charge is 0.370 e. The molecule has 0 spiro atoms. The standard InChI is InChI=1S/C18H31NO.C16H32O.C7H17N.C2H6/c1-2-3-4-5-6-7-8-9-10-11-12-13-14-15-16-17-18(19)20;1-2-3-4-5-6-7-8-9-10-11-12-13-14-15-16-17;1-3-4-5-6-7-8-2;1-2/h6-7,9-10,12-13H,2-5,8,11,14-17H2,1H3,(H2,19,20);16H,2-15H2,1H3;8H,3-7H2,1-2H3;1-2H3/b7-6-,10-9-,13-12-;;;. The summed E-state index contributed by atoms with van der Waals surface area (Å²) in [5, 5.41) is 3.13. The first-order chi connectivity index (χ1) is 23.1. The van der Waals surface area contributed by atoms with E-state index in [0.29, 0.717) is 6.42 Å². The fraction of sp³-hybridized carbons (Fsp3) is 0.814. The smallest absolute Gasteiger partial charge is 0.217 e. The second kappa shape index (κ2) is 56.6. The molecule has 4 heteroatoms. The van der Waals surface area contributed by atoms with Gasteiger partial charge in [0.15, 0.2) is 0 Å². The van der Waals surface area contributed by atoms with E-state index in [1.807, 2.05) is 20.9 Å². The molecule has 0 rings (SSSR count). The van der Waals surface area contributed by atoms with Crippen molar-refractivity contribution >= 4 is 12.2 Å². The van der Waals surface area contributed by atoms with Gasteiger partial charge in [0.2, 0.25) is 5.91 Å². The minimum absolute atomic E-state index is 0.195. The Labute approximate surface area is 296 Å². The number of amides is 1. The van der Waals surface area contributed by atoms with Crippen LogP contribution in [-0.2, 0) is 9.59 Å². The maximum Gasteiger partial charge on any atom is 0.217 e. The van der Waals surface area contributed by atoms with E-state index in [9.17, 15) is 9.59 Å². The van der Waals surface area contributed by atoms with Crippen LogP contribution >= 0.6 is 0 Å². The second-order valence-corrected chi connectivity index (χ2v) is 12.5. The van der Waals surface area contributed by atoms with E-state index >= 15 is 0 Å². The van der Waals surface area contributed by atoms with Crippen LogP contribution in [0.2, 0.25) is 0 Å². The summed E-state index contributed by atoms with van der Waals surface area (Å²) in [7, 11) is 2.01. The van der Waals surface area contributed by atoms with Crippen LogP contribution in [0.15, 0.2) is 36.5 Å². The van der Waals surface area contributed by atoms with Crippen LogP contribution in [0.5, 0.6) is 0 Å². The van der Waals surface area contributed by atoms with Crippen molar-refractivity contribution in [1.82, 2.24) is 5.32 Å². The van der Waals surface area contributed by atoms with Gasteiger partial charge < -0.3 is 15.8 Å². The quantitative estimate of drug-likeness (QED) is 0.0428. The molecule has 0 atom stereocenters. The number of carbonyl (C=O) groups excluding carboxylic acids is 2. The molecule has 0 unspecified atom stereocenters. The predicted molar refractivity (Wildman–Crippen MR) is 214 cm³/mol. The van der Waals surface area contributed by atoms with E-state index in [2.05, 4.69) is 62.5 Å². The SMILES string of the molecule is CC.CCCCC/C=C\C/C=C\C/C=C\CCCCC(N)=O.CCCCCCCCCCCCCCCC=O.CCCCCCNC. The van der Waals surface area contributed by atoms with Gasteiger partial charge in [-0.15, -0.1) is 0 Å². The summed E-state index contributed by atoms with van der Waals surface area (Å²) in [5.74, 6) is -0.195. The lowest BCUT2D eigenvalue weighted by Crippen LogP contribution is -2.09. The third-order valence-corrected chi connectivity index (χ3v) is 7.77. The zero-order valence-corrected chi connectivity index (χ0v) is 32.9.